The first-order chi connectivity index (χ1) is 17.9. The van der Waals surface area contributed by atoms with Crippen molar-refractivity contribution in [2.75, 3.05) is 12.9 Å². The molecule has 1 aliphatic carbocycles. The molecule has 200 valence electrons. The average Bonchev–Trinajstić information content (AvgIpc) is 3.53. The molecule has 1 aliphatic heterocycles. The fraction of sp³-hybridized carbons (Fsp3) is 0.400. The van der Waals surface area contributed by atoms with Crippen LogP contribution in [0, 0.1) is 5.82 Å². The largest absolute Gasteiger partial charge is 0.480 e. The summed E-state index contributed by atoms with van der Waals surface area (Å²) in [7, 11) is -1.56. The Morgan fingerprint density at radius 1 is 1.21 bits per heavy atom. The van der Waals surface area contributed by atoms with Crippen LogP contribution in [0.1, 0.15) is 39.2 Å². The van der Waals surface area contributed by atoms with Gasteiger partial charge in [-0.1, -0.05) is 5.16 Å². The molecule has 38 heavy (non-hydrogen) atoms. The van der Waals surface area contributed by atoms with Crippen LogP contribution in [0.15, 0.2) is 50.5 Å². The van der Waals surface area contributed by atoms with E-state index in [0.717, 1.165) is 12.8 Å². The van der Waals surface area contributed by atoms with Gasteiger partial charge < -0.3 is 14.4 Å². The van der Waals surface area contributed by atoms with Crippen LogP contribution in [-0.2, 0) is 15.3 Å². The minimum atomic E-state index is -3.05. The second-order valence-corrected chi connectivity index (χ2v) is 12.8. The zero-order valence-corrected chi connectivity index (χ0v) is 22.1. The number of hydrogen-bond donors (Lipinski definition) is 2. The highest BCUT2D eigenvalue weighted by atomic mass is 32.2. The molecule has 2 atom stereocenters. The van der Waals surface area contributed by atoms with Crippen molar-refractivity contribution >= 4 is 21.7 Å². The number of hydrogen-bond acceptors (Lipinski definition) is 9. The van der Waals surface area contributed by atoms with Crippen molar-refractivity contribution in [1.82, 2.24) is 20.4 Å². The van der Waals surface area contributed by atoms with E-state index in [1.807, 2.05) is 0 Å². The fourth-order valence-electron chi connectivity index (χ4n) is 4.31. The maximum absolute atomic E-state index is 15.4. The van der Waals surface area contributed by atoms with E-state index in [2.05, 4.69) is 29.8 Å². The number of benzene rings is 1. The summed E-state index contributed by atoms with van der Waals surface area (Å²) in [4.78, 5) is 24.6. The molecule has 0 spiro atoms. The van der Waals surface area contributed by atoms with Gasteiger partial charge in [0, 0.05) is 17.2 Å². The topological polar surface area (TPSA) is 152 Å². The predicted molar refractivity (Wildman–Crippen MR) is 138 cm³/mol. The van der Waals surface area contributed by atoms with Crippen LogP contribution in [0.2, 0.25) is 0 Å². The lowest BCUT2D eigenvalue weighted by atomic mass is 9.91. The number of carboxylic acid groups (broad SMARTS) is 1. The highest BCUT2D eigenvalue weighted by Crippen LogP contribution is 2.42. The lowest BCUT2D eigenvalue weighted by Crippen LogP contribution is -2.57. The molecule has 3 aromatic rings. The molecule has 1 fully saturated rings. The van der Waals surface area contributed by atoms with Crippen LogP contribution in [-0.4, -0.2) is 60.0 Å². The molecule has 5 rings (SSSR count). The smallest absolute Gasteiger partial charge is 0.410 e. The summed E-state index contributed by atoms with van der Waals surface area (Å²) in [6, 6.07) is 5.94. The molecule has 3 heterocycles. The van der Waals surface area contributed by atoms with Gasteiger partial charge in [-0.2, -0.15) is 0 Å². The van der Waals surface area contributed by atoms with Gasteiger partial charge in [0.1, 0.15) is 33.3 Å². The third-order valence-corrected chi connectivity index (χ3v) is 10.1. The highest BCUT2D eigenvalue weighted by Gasteiger charge is 2.50. The first-order valence-corrected chi connectivity index (χ1v) is 13.6. The summed E-state index contributed by atoms with van der Waals surface area (Å²) in [6.07, 6.45) is 3.24. The first kappa shape index (κ1) is 25.8. The van der Waals surface area contributed by atoms with Gasteiger partial charge in [0.25, 0.3) is 0 Å². The summed E-state index contributed by atoms with van der Waals surface area (Å²) >= 11 is 0. The van der Waals surface area contributed by atoms with Crippen molar-refractivity contribution in [3.8, 4) is 28.6 Å². The molecule has 0 bridgehead atoms. The fourth-order valence-corrected chi connectivity index (χ4v) is 7.08. The number of rotatable bonds is 5. The molecule has 13 heteroatoms. The van der Waals surface area contributed by atoms with Gasteiger partial charge in [-0.3, -0.25) is 10.3 Å². The number of aliphatic imine (C=N–C) groups is 1. The van der Waals surface area contributed by atoms with Crippen molar-refractivity contribution in [2.45, 2.75) is 49.9 Å². The monoisotopic (exact) mass is 542 g/mol. The number of amides is 1. The number of aromatic nitrogens is 3. The molecule has 1 amide bonds. The summed E-state index contributed by atoms with van der Waals surface area (Å²) in [6.45, 7) is 4.94. The first-order valence-electron chi connectivity index (χ1n) is 11.9. The van der Waals surface area contributed by atoms with Crippen LogP contribution in [0.4, 0.5) is 9.18 Å². The minimum absolute atomic E-state index is 0.0158. The molecular weight excluding hydrogens is 515 g/mol. The Morgan fingerprint density at radius 3 is 2.61 bits per heavy atom. The molecule has 11 nitrogen and oxygen atoms in total. The van der Waals surface area contributed by atoms with Crippen molar-refractivity contribution in [1.29, 1.82) is 0 Å². The molecule has 0 unspecified atom stereocenters. The zero-order chi connectivity index (χ0) is 27.3. The van der Waals surface area contributed by atoms with E-state index in [-0.39, 0.29) is 23.2 Å². The molecule has 2 aliphatic rings. The molecule has 1 aromatic carbocycles. The third-order valence-electron chi connectivity index (χ3n) is 6.74. The average molecular weight is 543 g/mol. The number of nitrogens with one attached hydrogen (secondary N) is 1. The van der Waals surface area contributed by atoms with Gasteiger partial charge >= 0.3 is 6.09 Å². The molecular formula is C25H27FN6O5S. The minimum Gasteiger partial charge on any atom is -0.480 e. The summed E-state index contributed by atoms with van der Waals surface area (Å²) in [5.74, 6) is 0.0284. The molecule has 2 aromatic heterocycles. The maximum atomic E-state index is 15.4. The zero-order valence-electron chi connectivity index (χ0n) is 21.3. The lowest BCUT2D eigenvalue weighted by Gasteiger charge is -2.41. The SMILES string of the molecule is COc1cnc(-c2cc(-c3ccc(F)c([C@]4(C)C[S@](=O)(=NC5CC5)C(C)(C)C(NC(=O)O)=N4)c3)on2)cn1. The number of carbonyl (C=O) groups is 1. The summed E-state index contributed by atoms with van der Waals surface area (Å²) < 4.78 is 43.6. The Balaban J connectivity index is 1.58. The molecule has 2 N–H and O–H groups in total. The highest BCUT2D eigenvalue weighted by molar-refractivity contribution is 7.95. The van der Waals surface area contributed by atoms with Gasteiger partial charge in [0.2, 0.25) is 5.88 Å². The number of nitrogens with zero attached hydrogens (tertiary/aromatic N) is 5. The van der Waals surface area contributed by atoms with Crippen molar-refractivity contribution in [2.24, 2.45) is 9.36 Å². The van der Waals surface area contributed by atoms with Crippen molar-refractivity contribution in [3.63, 3.8) is 0 Å². The number of amidine groups is 1. The van der Waals surface area contributed by atoms with E-state index >= 15 is 4.39 Å². The second kappa shape index (κ2) is 9.15. The molecule has 0 radical (unpaired) electrons. The Kier molecular flexibility index (Phi) is 6.21. The van der Waals surface area contributed by atoms with Crippen LogP contribution in [0.5, 0.6) is 5.88 Å². The number of halogens is 1. The van der Waals surface area contributed by atoms with Crippen LogP contribution < -0.4 is 10.1 Å². The second-order valence-electron chi connectivity index (χ2n) is 10.0. The Hall–Kier alpha value is -3.87. The third kappa shape index (κ3) is 4.62. The van der Waals surface area contributed by atoms with Crippen molar-refractivity contribution in [3.05, 3.63) is 48.0 Å². The summed E-state index contributed by atoms with van der Waals surface area (Å²) in [5, 5.41) is 15.8. The predicted octanol–water partition coefficient (Wildman–Crippen LogP) is 4.25. The van der Waals surface area contributed by atoms with Gasteiger partial charge in [-0.25, -0.2) is 27.7 Å². The lowest BCUT2D eigenvalue weighted by molar-refractivity contribution is 0.199. The van der Waals surface area contributed by atoms with Gasteiger partial charge in [0.15, 0.2) is 5.76 Å². The van der Waals surface area contributed by atoms with Crippen LogP contribution in [0.25, 0.3) is 22.7 Å². The number of ether oxygens (including phenoxy) is 1. The number of methoxy groups -OCH3 is 1. The van der Waals surface area contributed by atoms with Gasteiger partial charge in [0.05, 0.1) is 41.0 Å². The molecule has 0 saturated heterocycles. The van der Waals surface area contributed by atoms with E-state index < -0.39 is 31.9 Å². The van der Waals surface area contributed by atoms with E-state index in [4.69, 9.17) is 9.26 Å². The molecule has 1 saturated carbocycles. The van der Waals surface area contributed by atoms with Crippen LogP contribution >= 0.6 is 0 Å². The standard InChI is InChI=1S/C25H27FN6O5S/c1-24(2)22(29-23(33)34)30-25(3,13-38(24,35)32-15-6-7-15)16-9-14(5-8-17(16)26)20-10-18(31-37-20)19-11-28-21(36-4)12-27-19/h5,8-12,15H,6-7,13H2,1-4H3,(H,29,30)(H,33,34)/t25-,38+/m0/s1. The quantitative estimate of drug-likeness (QED) is 0.485. The van der Waals surface area contributed by atoms with Crippen LogP contribution in [0.3, 0.4) is 0 Å². The maximum Gasteiger partial charge on any atom is 0.410 e. The summed E-state index contributed by atoms with van der Waals surface area (Å²) in [5.41, 5.74) is 0.147. The van der Waals surface area contributed by atoms with Gasteiger partial charge in [-0.15, -0.1) is 0 Å². The van der Waals surface area contributed by atoms with E-state index in [1.54, 1.807) is 32.9 Å². The van der Waals surface area contributed by atoms with E-state index in [9.17, 15) is 14.1 Å². The van der Waals surface area contributed by atoms with E-state index in [1.165, 1.54) is 31.6 Å². The Morgan fingerprint density at radius 2 is 1.97 bits per heavy atom. The van der Waals surface area contributed by atoms with E-state index in [0.29, 0.717) is 28.6 Å². The normalized spacial score (nSPS) is 24.4. The Labute approximate surface area is 218 Å². The Bertz CT molecular complexity index is 1560. The van der Waals surface area contributed by atoms with Gasteiger partial charge in [-0.05, 0) is 51.8 Å². The van der Waals surface area contributed by atoms with Crippen molar-refractivity contribution < 1.29 is 27.8 Å².